The average Bonchev–Trinajstić information content (AvgIpc) is 2.04. The van der Waals surface area contributed by atoms with Crippen LogP contribution in [-0.4, -0.2) is 29.0 Å². The van der Waals surface area contributed by atoms with Crippen LogP contribution < -0.4 is 4.74 Å². The van der Waals surface area contributed by atoms with E-state index in [9.17, 15) is 10.2 Å². The van der Waals surface area contributed by atoms with Gasteiger partial charge in [0.05, 0.1) is 7.11 Å². The van der Waals surface area contributed by atoms with E-state index in [2.05, 4.69) is 0 Å². The van der Waals surface area contributed by atoms with E-state index in [1.165, 1.54) is 19.2 Å². The number of hydrogen-bond donors (Lipinski definition) is 3. The lowest BCUT2D eigenvalue weighted by atomic mass is 10.1. The summed E-state index contributed by atoms with van der Waals surface area (Å²) in [7, 11) is 1.36. The van der Waals surface area contributed by atoms with E-state index in [0.29, 0.717) is 12.0 Å². The molecule has 1 aromatic carbocycles. The van der Waals surface area contributed by atoms with Gasteiger partial charge < -0.3 is 20.1 Å². The van der Waals surface area contributed by atoms with Gasteiger partial charge in [-0.1, -0.05) is 0 Å². The first kappa shape index (κ1) is 9.67. The molecule has 0 heterocycles. The maximum Gasteiger partial charge on any atom is 0.202 e. The summed E-state index contributed by atoms with van der Waals surface area (Å²) in [6, 6.07) is 2.91. The third-order valence-electron chi connectivity index (χ3n) is 1.71. The maximum absolute atomic E-state index is 9.33. The Hall–Kier alpha value is -1.42. The second-order valence-electron chi connectivity index (χ2n) is 2.64. The van der Waals surface area contributed by atoms with Crippen molar-refractivity contribution >= 4 is 0 Å². The zero-order valence-electron chi connectivity index (χ0n) is 7.32. The highest BCUT2D eigenvalue weighted by atomic mass is 16.5. The van der Waals surface area contributed by atoms with E-state index in [1.807, 2.05) is 0 Å². The zero-order chi connectivity index (χ0) is 9.84. The van der Waals surface area contributed by atoms with Gasteiger partial charge >= 0.3 is 0 Å². The van der Waals surface area contributed by atoms with E-state index >= 15 is 0 Å². The van der Waals surface area contributed by atoms with Gasteiger partial charge in [-0.15, -0.1) is 0 Å². The Bertz CT molecular complexity index is 273. The van der Waals surface area contributed by atoms with Gasteiger partial charge in [0, 0.05) is 6.61 Å². The number of phenols is 2. The van der Waals surface area contributed by atoms with Gasteiger partial charge in [0.1, 0.15) is 0 Å². The highest BCUT2D eigenvalue weighted by molar-refractivity contribution is 5.52. The first-order valence-electron chi connectivity index (χ1n) is 3.88. The lowest BCUT2D eigenvalue weighted by molar-refractivity contribution is 0.298. The molecule has 4 heteroatoms. The van der Waals surface area contributed by atoms with Crippen LogP contribution in [0.5, 0.6) is 17.2 Å². The van der Waals surface area contributed by atoms with Crippen molar-refractivity contribution in [3.8, 4) is 17.2 Å². The van der Waals surface area contributed by atoms with Crippen molar-refractivity contribution in [3.05, 3.63) is 17.7 Å². The molecule has 0 spiro atoms. The number of phenolic OH excluding ortho intramolecular Hbond substituents is 2. The molecule has 1 rings (SSSR count). The van der Waals surface area contributed by atoms with Gasteiger partial charge in [0.2, 0.25) is 5.75 Å². The largest absolute Gasteiger partial charge is 0.504 e. The highest BCUT2D eigenvalue weighted by Gasteiger charge is 2.09. The number of aromatic hydroxyl groups is 2. The number of hydrogen-bond acceptors (Lipinski definition) is 4. The summed E-state index contributed by atoms with van der Waals surface area (Å²) in [5, 5.41) is 27.3. The predicted molar refractivity (Wildman–Crippen MR) is 47.1 cm³/mol. The lowest BCUT2D eigenvalue weighted by Gasteiger charge is -2.07. The number of aliphatic hydroxyl groups excluding tert-OH is 1. The van der Waals surface area contributed by atoms with Crippen LogP contribution in [0.3, 0.4) is 0 Å². The molecule has 0 saturated heterocycles. The maximum atomic E-state index is 9.33. The smallest absolute Gasteiger partial charge is 0.202 e. The van der Waals surface area contributed by atoms with Crippen LogP contribution in [0.1, 0.15) is 5.56 Å². The molecule has 3 N–H and O–H groups in total. The number of methoxy groups -OCH3 is 1. The number of benzene rings is 1. The third-order valence-corrected chi connectivity index (χ3v) is 1.71. The SMILES string of the molecule is COc1c(O)cc(CCO)cc1O. The Morgan fingerprint density at radius 1 is 1.23 bits per heavy atom. The van der Waals surface area contributed by atoms with Gasteiger partial charge in [0.15, 0.2) is 11.5 Å². The summed E-state index contributed by atoms with van der Waals surface area (Å²) in [4.78, 5) is 0. The summed E-state index contributed by atoms with van der Waals surface area (Å²) in [5.74, 6) is -0.182. The topological polar surface area (TPSA) is 69.9 Å². The Kier molecular flexibility index (Phi) is 2.97. The van der Waals surface area contributed by atoms with Crippen LogP contribution in [-0.2, 0) is 6.42 Å². The van der Waals surface area contributed by atoms with E-state index in [1.54, 1.807) is 0 Å². The quantitative estimate of drug-likeness (QED) is 0.644. The molecule has 0 aliphatic rings. The summed E-state index contributed by atoms with van der Waals surface area (Å²) in [6.07, 6.45) is 0.394. The van der Waals surface area contributed by atoms with E-state index in [0.717, 1.165) is 0 Å². The molecule has 0 aromatic heterocycles. The standard InChI is InChI=1S/C9H12O4/c1-13-9-7(11)4-6(2-3-10)5-8(9)12/h4-5,10-12H,2-3H2,1H3. The molecule has 0 atom stereocenters. The molecule has 0 aliphatic carbocycles. The Morgan fingerprint density at radius 2 is 1.77 bits per heavy atom. The molecule has 0 amide bonds. The highest BCUT2D eigenvalue weighted by Crippen LogP contribution is 2.36. The third kappa shape index (κ3) is 2.03. The Labute approximate surface area is 76.0 Å². The normalized spacial score (nSPS) is 10.0. The fourth-order valence-electron chi connectivity index (χ4n) is 1.14. The van der Waals surface area contributed by atoms with Gasteiger partial charge in [0.25, 0.3) is 0 Å². The predicted octanol–water partition coefficient (Wildman–Crippen LogP) is 0.641. The molecule has 1 aromatic rings. The van der Waals surface area contributed by atoms with Crippen molar-refractivity contribution < 1.29 is 20.1 Å². The molecule has 72 valence electrons. The van der Waals surface area contributed by atoms with Crippen molar-refractivity contribution in [2.45, 2.75) is 6.42 Å². The zero-order valence-corrected chi connectivity index (χ0v) is 7.32. The summed E-state index contributed by atoms with van der Waals surface area (Å²) < 4.78 is 4.75. The molecule has 0 radical (unpaired) electrons. The first-order chi connectivity index (χ1) is 6.19. The lowest BCUT2D eigenvalue weighted by Crippen LogP contribution is -1.92. The number of aliphatic hydroxyl groups is 1. The average molecular weight is 184 g/mol. The van der Waals surface area contributed by atoms with E-state index in [4.69, 9.17) is 9.84 Å². The molecule has 0 fully saturated rings. The minimum absolute atomic E-state index is 0.0226. The van der Waals surface area contributed by atoms with Crippen LogP contribution >= 0.6 is 0 Å². The summed E-state index contributed by atoms with van der Waals surface area (Å²) in [6.45, 7) is -0.0226. The molecule has 4 nitrogen and oxygen atoms in total. The van der Waals surface area contributed by atoms with Crippen LogP contribution in [0.4, 0.5) is 0 Å². The fourth-order valence-corrected chi connectivity index (χ4v) is 1.14. The van der Waals surface area contributed by atoms with Crippen molar-refractivity contribution in [2.75, 3.05) is 13.7 Å². The van der Waals surface area contributed by atoms with E-state index in [-0.39, 0.29) is 23.9 Å². The molecular weight excluding hydrogens is 172 g/mol. The van der Waals surface area contributed by atoms with Gasteiger partial charge in [-0.25, -0.2) is 0 Å². The second-order valence-corrected chi connectivity index (χ2v) is 2.64. The van der Waals surface area contributed by atoms with Crippen molar-refractivity contribution in [2.24, 2.45) is 0 Å². The van der Waals surface area contributed by atoms with Crippen LogP contribution in [0.15, 0.2) is 12.1 Å². The Morgan fingerprint density at radius 3 is 2.15 bits per heavy atom. The van der Waals surface area contributed by atoms with Crippen LogP contribution in [0.25, 0.3) is 0 Å². The monoisotopic (exact) mass is 184 g/mol. The molecule has 0 bridgehead atoms. The summed E-state index contributed by atoms with van der Waals surface area (Å²) >= 11 is 0. The van der Waals surface area contributed by atoms with Crippen molar-refractivity contribution in [1.29, 1.82) is 0 Å². The van der Waals surface area contributed by atoms with Crippen molar-refractivity contribution in [1.82, 2.24) is 0 Å². The second kappa shape index (κ2) is 4.00. The van der Waals surface area contributed by atoms with Crippen LogP contribution in [0.2, 0.25) is 0 Å². The Balaban J connectivity index is 3.05. The van der Waals surface area contributed by atoms with Crippen LogP contribution in [0, 0.1) is 0 Å². The minimum atomic E-state index is -0.119. The van der Waals surface area contributed by atoms with Crippen molar-refractivity contribution in [3.63, 3.8) is 0 Å². The molecule has 13 heavy (non-hydrogen) atoms. The van der Waals surface area contributed by atoms with Gasteiger partial charge in [-0.2, -0.15) is 0 Å². The molecule has 0 aliphatic heterocycles. The number of ether oxygens (including phenoxy) is 1. The molecule has 0 unspecified atom stereocenters. The summed E-state index contributed by atoms with van der Waals surface area (Å²) in [5.41, 5.74) is 0.665. The number of rotatable bonds is 3. The molecular formula is C9H12O4. The van der Waals surface area contributed by atoms with E-state index < -0.39 is 0 Å². The first-order valence-corrected chi connectivity index (χ1v) is 3.88. The van der Waals surface area contributed by atoms with Gasteiger partial charge in [-0.3, -0.25) is 0 Å². The van der Waals surface area contributed by atoms with Gasteiger partial charge in [-0.05, 0) is 24.1 Å². The molecule has 0 saturated carbocycles. The minimum Gasteiger partial charge on any atom is -0.504 e. The fraction of sp³-hybridized carbons (Fsp3) is 0.333.